The molecule has 0 radical (unpaired) electrons. The molecule has 2 N–H and O–H groups in total. The molecule has 2 nitrogen and oxygen atoms in total. The number of hydrogen-bond acceptors (Lipinski definition) is 2. The Hall–Kier alpha value is -0.850. The summed E-state index contributed by atoms with van der Waals surface area (Å²) in [5.41, 5.74) is 8.20. The topological polar surface area (TPSA) is 49.8 Å². The predicted octanol–water partition coefficient (Wildman–Crippen LogP) is 2.92. The Morgan fingerprint density at radius 3 is 2.86 bits per heavy atom. The highest BCUT2D eigenvalue weighted by molar-refractivity contribution is 9.10. The fraction of sp³-hybridized carbons (Fsp3) is 0.364. The van der Waals surface area contributed by atoms with E-state index in [1.807, 2.05) is 12.1 Å². The van der Waals surface area contributed by atoms with E-state index in [9.17, 15) is 0 Å². The van der Waals surface area contributed by atoms with Gasteiger partial charge < -0.3 is 5.73 Å². The fourth-order valence-corrected chi connectivity index (χ4v) is 1.82. The third-order valence-corrected chi connectivity index (χ3v) is 2.69. The maximum atomic E-state index is 8.59. The number of rotatable bonds is 3. The van der Waals surface area contributed by atoms with Gasteiger partial charge in [-0.15, -0.1) is 0 Å². The molecule has 0 saturated carbocycles. The van der Waals surface area contributed by atoms with Gasteiger partial charge >= 0.3 is 0 Å². The van der Waals surface area contributed by atoms with Gasteiger partial charge in [-0.2, -0.15) is 5.26 Å². The smallest absolute Gasteiger partial charge is 0.0641 e. The molecule has 0 aliphatic heterocycles. The van der Waals surface area contributed by atoms with E-state index < -0.39 is 0 Å². The van der Waals surface area contributed by atoms with Crippen molar-refractivity contribution in [2.24, 2.45) is 5.73 Å². The van der Waals surface area contributed by atoms with Crippen LogP contribution in [0.1, 0.15) is 30.5 Å². The molecule has 0 unspecified atom stereocenters. The molecule has 0 aliphatic rings. The molecular weight excluding hydrogens is 240 g/mol. The average Bonchev–Trinajstić information content (AvgIpc) is 2.18. The van der Waals surface area contributed by atoms with Crippen LogP contribution in [0.5, 0.6) is 0 Å². The summed E-state index contributed by atoms with van der Waals surface area (Å²) in [6, 6.07) is 7.98. The quantitative estimate of drug-likeness (QED) is 0.900. The molecular formula is C11H13BrN2. The van der Waals surface area contributed by atoms with Crippen molar-refractivity contribution in [1.82, 2.24) is 0 Å². The van der Waals surface area contributed by atoms with Crippen molar-refractivity contribution in [2.75, 3.05) is 0 Å². The van der Waals surface area contributed by atoms with Crippen LogP contribution in [0.25, 0.3) is 0 Å². The molecule has 1 atom stereocenters. The molecule has 0 fully saturated rings. The Balaban J connectivity index is 3.04. The standard InChI is InChI=1S/C11H13BrN2/c1-2-8-3-4-9(12)7-10(8)11(14)5-6-13/h3-4,7,11H,2,5,14H2,1H3/t11-/m1/s1. The van der Waals surface area contributed by atoms with Gasteiger partial charge in [-0.05, 0) is 29.7 Å². The van der Waals surface area contributed by atoms with E-state index in [1.165, 1.54) is 5.56 Å². The maximum absolute atomic E-state index is 8.59. The zero-order valence-corrected chi connectivity index (χ0v) is 9.71. The number of hydrogen-bond donors (Lipinski definition) is 1. The summed E-state index contributed by atoms with van der Waals surface area (Å²) >= 11 is 3.41. The van der Waals surface area contributed by atoms with Crippen LogP contribution in [0.2, 0.25) is 0 Å². The van der Waals surface area contributed by atoms with Crippen LogP contribution < -0.4 is 5.73 Å². The normalized spacial score (nSPS) is 12.1. The molecule has 1 rings (SSSR count). The number of nitrogens with two attached hydrogens (primary N) is 1. The second-order valence-corrected chi connectivity index (χ2v) is 4.08. The van der Waals surface area contributed by atoms with Crippen molar-refractivity contribution in [3.63, 3.8) is 0 Å². The van der Waals surface area contributed by atoms with Crippen LogP contribution in [0, 0.1) is 11.3 Å². The molecule has 0 amide bonds. The van der Waals surface area contributed by atoms with Crippen molar-refractivity contribution < 1.29 is 0 Å². The fourth-order valence-electron chi connectivity index (χ4n) is 1.44. The number of nitriles is 1. The summed E-state index contributed by atoms with van der Waals surface area (Å²) in [7, 11) is 0. The van der Waals surface area contributed by atoms with E-state index in [-0.39, 0.29) is 6.04 Å². The molecule has 0 aromatic heterocycles. The number of nitrogens with zero attached hydrogens (tertiary/aromatic N) is 1. The Kier molecular flexibility index (Phi) is 4.12. The zero-order chi connectivity index (χ0) is 10.6. The first-order chi connectivity index (χ1) is 6.69. The number of halogens is 1. The minimum Gasteiger partial charge on any atom is -0.323 e. The van der Waals surface area contributed by atoms with Crippen molar-refractivity contribution in [1.29, 1.82) is 5.26 Å². The summed E-state index contributed by atoms with van der Waals surface area (Å²) in [6.07, 6.45) is 1.31. The van der Waals surface area contributed by atoms with Crippen molar-refractivity contribution in [2.45, 2.75) is 25.8 Å². The number of benzene rings is 1. The van der Waals surface area contributed by atoms with Gasteiger partial charge in [0.1, 0.15) is 0 Å². The molecule has 74 valence electrons. The Labute approximate surface area is 92.9 Å². The summed E-state index contributed by atoms with van der Waals surface area (Å²) < 4.78 is 1.01. The lowest BCUT2D eigenvalue weighted by Crippen LogP contribution is -2.11. The second kappa shape index (κ2) is 5.14. The van der Waals surface area contributed by atoms with E-state index in [4.69, 9.17) is 11.0 Å². The van der Waals surface area contributed by atoms with Crippen LogP contribution in [-0.2, 0) is 6.42 Å². The summed E-state index contributed by atoms with van der Waals surface area (Å²) in [6.45, 7) is 2.09. The third kappa shape index (κ3) is 2.57. The predicted molar refractivity (Wildman–Crippen MR) is 60.7 cm³/mol. The van der Waals surface area contributed by atoms with E-state index in [1.54, 1.807) is 0 Å². The lowest BCUT2D eigenvalue weighted by Gasteiger charge is -2.13. The van der Waals surface area contributed by atoms with Gasteiger partial charge in [0.25, 0.3) is 0 Å². The Morgan fingerprint density at radius 1 is 1.57 bits per heavy atom. The van der Waals surface area contributed by atoms with Gasteiger partial charge in [0.2, 0.25) is 0 Å². The molecule has 1 aromatic carbocycles. The minimum atomic E-state index is -0.174. The molecule has 0 bridgehead atoms. The summed E-state index contributed by atoms with van der Waals surface area (Å²) in [4.78, 5) is 0. The number of aryl methyl sites for hydroxylation is 1. The third-order valence-electron chi connectivity index (χ3n) is 2.20. The van der Waals surface area contributed by atoms with E-state index in [0.29, 0.717) is 6.42 Å². The minimum absolute atomic E-state index is 0.174. The lowest BCUT2D eigenvalue weighted by atomic mass is 9.98. The van der Waals surface area contributed by atoms with Gasteiger partial charge in [0, 0.05) is 10.5 Å². The second-order valence-electron chi connectivity index (χ2n) is 3.17. The van der Waals surface area contributed by atoms with Crippen LogP contribution >= 0.6 is 15.9 Å². The molecule has 0 aliphatic carbocycles. The van der Waals surface area contributed by atoms with Gasteiger partial charge in [0.05, 0.1) is 12.5 Å². The molecule has 0 heterocycles. The maximum Gasteiger partial charge on any atom is 0.0641 e. The summed E-state index contributed by atoms with van der Waals surface area (Å²) in [5.74, 6) is 0. The first-order valence-corrected chi connectivity index (χ1v) is 5.39. The van der Waals surface area contributed by atoms with Crippen LogP contribution in [0.15, 0.2) is 22.7 Å². The Morgan fingerprint density at radius 2 is 2.29 bits per heavy atom. The highest BCUT2D eigenvalue weighted by atomic mass is 79.9. The van der Waals surface area contributed by atoms with Crippen LogP contribution in [0.3, 0.4) is 0 Å². The monoisotopic (exact) mass is 252 g/mol. The molecule has 3 heteroatoms. The van der Waals surface area contributed by atoms with Crippen LogP contribution in [0.4, 0.5) is 0 Å². The van der Waals surface area contributed by atoms with Crippen LogP contribution in [-0.4, -0.2) is 0 Å². The first-order valence-electron chi connectivity index (χ1n) is 4.60. The largest absolute Gasteiger partial charge is 0.323 e. The van der Waals surface area contributed by atoms with Gasteiger partial charge in [-0.1, -0.05) is 28.9 Å². The van der Waals surface area contributed by atoms with Gasteiger partial charge in [-0.3, -0.25) is 0 Å². The van der Waals surface area contributed by atoms with Crippen molar-refractivity contribution in [3.05, 3.63) is 33.8 Å². The van der Waals surface area contributed by atoms with E-state index in [2.05, 4.69) is 35.0 Å². The van der Waals surface area contributed by atoms with E-state index in [0.717, 1.165) is 16.5 Å². The molecule has 0 spiro atoms. The Bertz CT molecular complexity index is 355. The van der Waals surface area contributed by atoms with Crippen molar-refractivity contribution in [3.8, 4) is 6.07 Å². The molecule has 1 aromatic rings. The highest BCUT2D eigenvalue weighted by Gasteiger charge is 2.09. The highest BCUT2D eigenvalue weighted by Crippen LogP contribution is 2.23. The van der Waals surface area contributed by atoms with Gasteiger partial charge in [0.15, 0.2) is 0 Å². The first kappa shape index (κ1) is 11.2. The van der Waals surface area contributed by atoms with Gasteiger partial charge in [-0.25, -0.2) is 0 Å². The van der Waals surface area contributed by atoms with E-state index >= 15 is 0 Å². The zero-order valence-electron chi connectivity index (χ0n) is 8.13. The average molecular weight is 253 g/mol. The SMILES string of the molecule is CCc1ccc(Br)cc1[C@H](N)CC#N. The molecule has 0 saturated heterocycles. The van der Waals surface area contributed by atoms with Crippen molar-refractivity contribution >= 4 is 15.9 Å². The molecule has 14 heavy (non-hydrogen) atoms. The lowest BCUT2D eigenvalue weighted by molar-refractivity contribution is 0.736. The summed E-state index contributed by atoms with van der Waals surface area (Å²) in [5, 5.41) is 8.59.